The number of carbonyl (C=O) groups excluding carboxylic acids is 1. The fourth-order valence-corrected chi connectivity index (χ4v) is 4.95. The number of hydrogen-bond donors (Lipinski definition) is 2. The van der Waals surface area contributed by atoms with Crippen molar-refractivity contribution < 1.29 is 22.0 Å². The molecular weight excluding hydrogens is 462 g/mol. The number of aromatic nitrogens is 2. The van der Waals surface area contributed by atoms with E-state index in [0.717, 1.165) is 10.1 Å². The maximum Gasteiger partial charge on any atom is 0.320 e. The standard InChI is InChI=1S/C24H30F2N4O3S/c1-15(2)13-20(29-34(32,33)18-11-9-16(3)10-12-18)23(31)27-14-17(4)22-28-19-7-5-6-8-21(19)30(22)24(25)26/h5-12,15,17,20,24,29H,13-14H2,1-4H3,(H,27,31)/t17-,20-/m0/s1. The molecule has 0 fully saturated rings. The fraction of sp³-hybridized carbons (Fsp3) is 0.417. The van der Waals surface area contributed by atoms with Crippen molar-refractivity contribution in [3.63, 3.8) is 0 Å². The quantitative estimate of drug-likeness (QED) is 0.440. The Morgan fingerprint density at radius 1 is 1.06 bits per heavy atom. The van der Waals surface area contributed by atoms with E-state index in [1.165, 1.54) is 12.1 Å². The molecule has 3 aromatic rings. The minimum absolute atomic E-state index is 0.0235. The zero-order valence-corrected chi connectivity index (χ0v) is 20.4. The number of halogens is 2. The normalized spacial score (nSPS) is 14.0. The van der Waals surface area contributed by atoms with Crippen LogP contribution >= 0.6 is 0 Å². The van der Waals surface area contributed by atoms with Crippen LogP contribution in [-0.2, 0) is 14.8 Å². The summed E-state index contributed by atoms with van der Waals surface area (Å²) in [4.78, 5) is 17.4. The van der Waals surface area contributed by atoms with Crippen molar-refractivity contribution in [3.05, 3.63) is 59.9 Å². The van der Waals surface area contributed by atoms with Gasteiger partial charge in [0, 0.05) is 12.5 Å². The summed E-state index contributed by atoms with van der Waals surface area (Å²) >= 11 is 0. The highest BCUT2D eigenvalue weighted by molar-refractivity contribution is 7.89. The number of nitrogens with zero attached hydrogens (tertiary/aromatic N) is 2. The van der Waals surface area contributed by atoms with Gasteiger partial charge in [0.25, 0.3) is 0 Å². The first-order valence-electron chi connectivity index (χ1n) is 11.1. The second kappa shape index (κ2) is 10.6. The van der Waals surface area contributed by atoms with E-state index in [-0.39, 0.29) is 29.6 Å². The number of hydrogen-bond acceptors (Lipinski definition) is 4. The molecule has 0 unspecified atom stereocenters. The molecule has 10 heteroatoms. The number of sulfonamides is 1. The maximum atomic E-state index is 13.8. The Morgan fingerprint density at radius 2 is 1.71 bits per heavy atom. The maximum absolute atomic E-state index is 13.8. The van der Waals surface area contributed by atoms with Crippen molar-refractivity contribution in [2.75, 3.05) is 6.54 Å². The summed E-state index contributed by atoms with van der Waals surface area (Å²) in [7, 11) is -3.92. The molecule has 1 amide bonds. The molecule has 34 heavy (non-hydrogen) atoms. The van der Waals surface area contributed by atoms with Gasteiger partial charge < -0.3 is 5.32 Å². The summed E-state index contributed by atoms with van der Waals surface area (Å²) in [5.74, 6) is -0.858. The summed E-state index contributed by atoms with van der Waals surface area (Å²) in [5, 5.41) is 2.72. The highest BCUT2D eigenvalue weighted by Crippen LogP contribution is 2.27. The molecular formula is C24H30F2N4O3S. The van der Waals surface area contributed by atoms with Gasteiger partial charge in [0.2, 0.25) is 15.9 Å². The number of aryl methyl sites for hydroxylation is 1. The number of amides is 1. The van der Waals surface area contributed by atoms with E-state index in [9.17, 15) is 22.0 Å². The van der Waals surface area contributed by atoms with Crippen molar-refractivity contribution in [2.45, 2.75) is 57.5 Å². The molecule has 2 atom stereocenters. The lowest BCUT2D eigenvalue weighted by Crippen LogP contribution is -2.48. The van der Waals surface area contributed by atoms with Crippen LogP contribution < -0.4 is 10.0 Å². The van der Waals surface area contributed by atoms with Crippen LogP contribution in [0.4, 0.5) is 8.78 Å². The van der Waals surface area contributed by atoms with E-state index >= 15 is 0 Å². The lowest BCUT2D eigenvalue weighted by Gasteiger charge is -2.21. The second-order valence-corrected chi connectivity index (χ2v) is 10.6. The van der Waals surface area contributed by atoms with Crippen molar-refractivity contribution >= 4 is 27.0 Å². The van der Waals surface area contributed by atoms with Gasteiger partial charge in [0.15, 0.2) is 0 Å². The number of alkyl halides is 2. The molecule has 1 heterocycles. The van der Waals surface area contributed by atoms with Gasteiger partial charge in [0.1, 0.15) is 11.9 Å². The van der Waals surface area contributed by atoms with Gasteiger partial charge >= 0.3 is 6.55 Å². The number of fused-ring (bicyclic) bond motifs is 1. The van der Waals surface area contributed by atoms with Gasteiger partial charge in [-0.3, -0.25) is 9.36 Å². The summed E-state index contributed by atoms with van der Waals surface area (Å²) in [6, 6.07) is 11.9. The number of imidazole rings is 1. The molecule has 1 aromatic heterocycles. The van der Waals surface area contributed by atoms with E-state index < -0.39 is 34.4 Å². The third-order valence-electron chi connectivity index (χ3n) is 5.49. The fourth-order valence-electron chi connectivity index (χ4n) is 3.74. The van der Waals surface area contributed by atoms with Gasteiger partial charge in [-0.15, -0.1) is 0 Å². The molecule has 3 rings (SSSR count). The molecule has 0 aliphatic carbocycles. The van der Waals surface area contributed by atoms with Gasteiger partial charge in [-0.1, -0.05) is 50.6 Å². The number of para-hydroxylation sites is 2. The van der Waals surface area contributed by atoms with Crippen molar-refractivity contribution in [1.82, 2.24) is 19.6 Å². The predicted molar refractivity (Wildman–Crippen MR) is 127 cm³/mol. The highest BCUT2D eigenvalue weighted by atomic mass is 32.2. The number of carbonyl (C=O) groups is 1. The first-order chi connectivity index (χ1) is 16.0. The minimum Gasteiger partial charge on any atom is -0.354 e. The van der Waals surface area contributed by atoms with Gasteiger partial charge in [0.05, 0.1) is 15.9 Å². The van der Waals surface area contributed by atoms with Crippen LogP contribution in [-0.4, -0.2) is 36.5 Å². The van der Waals surface area contributed by atoms with Crippen molar-refractivity contribution in [1.29, 1.82) is 0 Å². The van der Waals surface area contributed by atoms with Crippen LogP contribution in [0.3, 0.4) is 0 Å². The predicted octanol–water partition coefficient (Wildman–Crippen LogP) is 4.35. The first kappa shape index (κ1) is 25.8. The zero-order chi connectivity index (χ0) is 25.0. The van der Waals surface area contributed by atoms with Gasteiger partial charge in [-0.2, -0.15) is 13.5 Å². The van der Waals surface area contributed by atoms with Crippen molar-refractivity contribution in [3.8, 4) is 0 Å². The van der Waals surface area contributed by atoms with E-state index in [0.29, 0.717) is 11.0 Å². The smallest absolute Gasteiger partial charge is 0.320 e. The van der Waals surface area contributed by atoms with E-state index in [4.69, 9.17) is 0 Å². The highest BCUT2D eigenvalue weighted by Gasteiger charge is 2.28. The average molecular weight is 493 g/mol. The Morgan fingerprint density at radius 3 is 2.32 bits per heavy atom. The Kier molecular flexibility index (Phi) is 8.04. The Balaban J connectivity index is 1.76. The summed E-state index contributed by atoms with van der Waals surface area (Å²) in [6.45, 7) is 4.55. The molecule has 184 valence electrons. The summed E-state index contributed by atoms with van der Waals surface area (Å²) in [5.41, 5.74) is 1.67. The molecule has 2 aromatic carbocycles. The summed E-state index contributed by atoms with van der Waals surface area (Å²) in [6.07, 6.45) is 0.279. The van der Waals surface area contributed by atoms with E-state index in [1.54, 1.807) is 43.3 Å². The molecule has 2 N–H and O–H groups in total. The average Bonchev–Trinajstić information content (AvgIpc) is 3.16. The van der Waals surface area contributed by atoms with Gasteiger partial charge in [-0.05, 0) is 43.5 Å². The molecule has 0 saturated carbocycles. The van der Waals surface area contributed by atoms with E-state index in [2.05, 4.69) is 15.0 Å². The third kappa shape index (κ3) is 5.98. The minimum atomic E-state index is -3.92. The topological polar surface area (TPSA) is 93.1 Å². The molecule has 0 saturated heterocycles. The lowest BCUT2D eigenvalue weighted by atomic mass is 10.0. The van der Waals surface area contributed by atoms with Crippen LogP contribution in [0.5, 0.6) is 0 Å². The molecule has 0 bridgehead atoms. The lowest BCUT2D eigenvalue weighted by molar-refractivity contribution is -0.123. The molecule has 0 aliphatic heterocycles. The number of rotatable bonds is 10. The van der Waals surface area contributed by atoms with Crippen LogP contribution in [0.25, 0.3) is 11.0 Å². The largest absolute Gasteiger partial charge is 0.354 e. The Labute approximate surface area is 198 Å². The van der Waals surface area contributed by atoms with Crippen molar-refractivity contribution in [2.24, 2.45) is 5.92 Å². The Hall–Kier alpha value is -2.85. The molecule has 0 aliphatic rings. The second-order valence-electron chi connectivity index (χ2n) is 8.87. The van der Waals surface area contributed by atoms with Crippen LogP contribution in [0.1, 0.15) is 51.0 Å². The zero-order valence-electron chi connectivity index (χ0n) is 19.6. The summed E-state index contributed by atoms with van der Waals surface area (Å²) < 4.78 is 56.5. The van der Waals surface area contributed by atoms with E-state index in [1.807, 2.05) is 20.8 Å². The van der Waals surface area contributed by atoms with Gasteiger partial charge in [-0.25, -0.2) is 13.4 Å². The third-order valence-corrected chi connectivity index (χ3v) is 6.98. The molecule has 0 radical (unpaired) electrons. The van der Waals surface area contributed by atoms with Crippen LogP contribution in [0.15, 0.2) is 53.4 Å². The number of nitrogens with one attached hydrogen (secondary N) is 2. The Bertz CT molecular complexity index is 1240. The SMILES string of the molecule is Cc1ccc(S(=O)(=O)N[C@@H](CC(C)C)C(=O)NC[C@H](C)c2nc3ccccc3n2C(F)F)cc1. The van der Waals surface area contributed by atoms with Crippen LogP contribution in [0, 0.1) is 12.8 Å². The molecule has 0 spiro atoms. The monoisotopic (exact) mass is 492 g/mol. The molecule has 7 nitrogen and oxygen atoms in total. The first-order valence-corrected chi connectivity index (χ1v) is 12.6. The van der Waals surface area contributed by atoms with Crippen LogP contribution in [0.2, 0.25) is 0 Å². The number of benzene rings is 2.